The molecular formula is C15H16O4S. The summed E-state index contributed by atoms with van der Waals surface area (Å²) in [5, 5.41) is 0.890. The lowest BCUT2D eigenvalue weighted by molar-refractivity contribution is 0.0993. The van der Waals surface area contributed by atoms with Crippen molar-refractivity contribution in [2.75, 3.05) is 18.1 Å². The topological polar surface area (TPSA) is 56.5 Å². The second kappa shape index (κ2) is 5.89. The van der Waals surface area contributed by atoms with Gasteiger partial charge in [-0.25, -0.2) is 0 Å². The van der Waals surface area contributed by atoms with E-state index in [1.807, 2.05) is 24.3 Å². The Labute approximate surface area is 119 Å². The van der Waals surface area contributed by atoms with Gasteiger partial charge in [0.15, 0.2) is 5.76 Å². The van der Waals surface area contributed by atoms with E-state index in [9.17, 15) is 9.00 Å². The molecule has 0 saturated carbocycles. The van der Waals surface area contributed by atoms with Crippen LogP contribution in [0.1, 0.15) is 23.4 Å². The molecule has 5 heteroatoms. The zero-order valence-corrected chi connectivity index (χ0v) is 11.9. The number of furan rings is 1. The summed E-state index contributed by atoms with van der Waals surface area (Å²) in [7, 11) is -1.20. The molecule has 1 fully saturated rings. The lowest BCUT2D eigenvalue weighted by Crippen LogP contribution is -2.21. The molecule has 106 valence electrons. The average Bonchev–Trinajstić information content (AvgIpc) is 3.06. The van der Waals surface area contributed by atoms with Crippen LogP contribution in [-0.2, 0) is 15.5 Å². The van der Waals surface area contributed by atoms with Gasteiger partial charge in [0.1, 0.15) is 5.58 Å². The van der Waals surface area contributed by atoms with E-state index in [0.717, 1.165) is 24.8 Å². The van der Waals surface area contributed by atoms with E-state index < -0.39 is 10.8 Å². The van der Waals surface area contributed by atoms with Crippen LogP contribution in [0, 0.1) is 0 Å². The Morgan fingerprint density at radius 3 is 2.95 bits per heavy atom. The van der Waals surface area contributed by atoms with Gasteiger partial charge < -0.3 is 9.15 Å². The third kappa shape index (κ3) is 2.99. The largest absolute Gasteiger partial charge is 0.453 e. The lowest BCUT2D eigenvalue weighted by Gasteiger charge is -2.07. The Kier molecular flexibility index (Phi) is 3.98. The molecule has 1 aromatic heterocycles. The molecule has 1 aliphatic rings. The quantitative estimate of drug-likeness (QED) is 0.795. The first-order valence-corrected chi connectivity index (χ1v) is 8.19. The van der Waals surface area contributed by atoms with Crippen molar-refractivity contribution in [1.29, 1.82) is 0 Å². The summed E-state index contributed by atoms with van der Waals surface area (Å²) in [5.41, 5.74) is 0.681. The normalized spacial score (nSPS) is 20.3. The smallest absolute Gasteiger partial charge is 0.210 e. The van der Waals surface area contributed by atoms with Gasteiger partial charge in [0.05, 0.1) is 17.6 Å². The van der Waals surface area contributed by atoms with Gasteiger partial charge in [0.2, 0.25) is 5.78 Å². The van der Waals surface area contributed by atoms with Crippen LogP contribution in [0.15, 0.2) is 34.7 Å². The lowest BCUT2D eigenvalue weighted by atomic mass is 10.2. The van der Waals surface area contributed by atoms with E-state index in [0.29, 0.717) is 11.3 Å². The van der Waals surface area contributed by atoms with Crippen molar-refractivity contribution >= 4 is 27.6 Å². The number of para-hydroxylation sites is 1. The summed E-state index contributed by atoms with van der Waals surface area (Å²) in [4.78, 5) is 12.1. The number of carbonyl (C=O) groups excluding carboxylic acids is 1. The number of carbonyl (C=O) groups is 1. The highest BCUT2D eigenvalue weighted by Gasteiger charge is 2.21. The van der Waals surface area contributed by atoms with Crippen LogP contribution in [0.4, 0.5) is 0 Å². The standard InChI is InChI=1S/C15H16O4S/c16-13(10-20(17)9-12-5-3-7-18-12)15-8-11-4-1-2-6-14(11)19-15/h1-2,4,6,8,12H,3,5,7,9-10H2. The van der Waals surface area contributed by atoms with Gasteiger partial charge in [0.25, 0.3) is 0 Å². The fourth-order valence-electron chi connectivity index (χ4n) is 2.38. The second-order valence-electron chi connectivity index (χ2n) is 4.96. The fourth-order valence-corrected chi connectivity index (χ4v) is 3.61. The minimum absolute atomic E-state index is 0.000316. The van der Waals surface area contributed by atoms with Crippen molar-refractivity contribution in [3.63, 3.8) is 0 Å². The van der Waals surface area contributed by atoms with Crippen molar-refractivity contribution < 1.29 is 18.2 Å². The van der Waals surface area contributed by atoms with Gasteiger partial charge in [-0.15, -0.1) is 0 Å². The average molecular weight is 292 g/mol. The van der Waals surface area contributed by atoms with Crippen LogP contribution in [0.3, 0.4) is 0 Å². The molecule has 2 heterocycles. The molecule has 2 unspecified atom stereocenters. The molecule has 1 saturated heterocycles. The number of rotatable bonds is 5. The summed E-state index contributed by atoms with van der Waals surface area (Å²) in [5.74, 6) is 0.510. The van der Waals surface area contributed by atoms with Crippen molar-refractivity contribution in [1.82, 2.24) is 0 Å². The minimum atomic E-state index is -1.20. The van der Waals surface area contributed by atoms with Crippen molar-refractivity contribution in [3.05, 3.63) is 36.1 Å². The van der Waals surface area contributed by atoms with E-state index in [4.69, 9.17) is 9.15 Å². The van der Waals surface area contributed by atoms with Gasteiger partial charge >= 0.3 is 0 Å². The molecule has 0 bridgehead atoms. The summed E-state index contributed by atoms with van der Waals surface area (Å²) in [6.45, 7) is 0.736. The van der Waals surface area contributed by atoms with Crippen molar-refractivity contribution in [2.24, 2.45) is 0 Å². The summed E-state index contributed by atoms with van der Waals surface area (Å²) < 4.78 is 22.9. The first kappa shape index (κ1) is 13.5. The van der Waals surface area contributed by atoms with Gasteiger partial charge in [-0.3, -0.25) is 9.00 Å². The van der Waals surface area contributed by atoms with Gasteiger partial charge in [-0.1, -0.05) is 18.2 Å². The molecule has 20 heavy (non-hydrogen) atoms. The second-order valence-corrected chi connectivity index (χ2v) is 6.46. The Balaban J connectivity index is 1.64. The number of benzene rings is 1. The zero-order chi connectivity index (χ0) is 13.9. The Morgan fingerprint density at radius 2 is 2.20 bits per heavy atom. The number of ether oxygens (including phenoxy) is 1. The molecule has 0 aliphatic carbocycles. The summed E-state index contributed by atoms with van der Waals surface area (Å²) >= 11 is 0. The molecule has 0 amide bonds. The summed E-state index contributed by atoms with van der Waals surface area (Å²) in [6.07, 6.45) is 1.99. The SMILES string of the molecule is O=C(CS(=O)CC1CCCO1)c1cc2ccccc2o1. The highest BCUT2D eigenvalue weighted by Crippen LogP contribution is 2.19. The minimum Gasteiger partial charge on any atom is -0.453 e. The van der Waals surface area contributed by atoms with E-state index in [2.05, 4.69) is 0 Å². The molecule has 0 spiro atoms. The third-order valence-corrected chi connectivity index (χ3v) is 4.72. The number of hydrogen-bond acceptors (Lipinski definition) is 4. The predicted octanol–water partition coefficient (Wildman–Crippen LogP) is 2.54. The van der Waals surface area contributed by atoms with E-state index in [-0.39, 0.29) is 23.4 Å². The molecule has 0 radical (unpaired) electrons. The maximum Gasteiger partial charge on any atom is 0.210 e. The van der Waals surface area contributed by atoms with Crippen molar-refractivity contribution in [2.45, 2.75) is 18.9 Å². The van der Waals surface area contributed by atoms with Gasteiger partial charge in [-0.05, 0) is 25.0 Å². The van der Waals surface area contributed by atoms with Crippen LogP contribution >= 0.6 is 0 Å². The van der Waals surface area contributed by atoms with E-state index >= 15 is 0 Å². The maximum absolute atomic E-state index is 12.1. The molecular weight excluding hydrogens is 276 g/mol. The number of ketones is 1. The van der Waals surface area contributed by atoms with E-state index in [1.165, 1.54) is 0 Å². The van der Waals surface area contributed by atoms with Crippen LogP contribution in [-0.4, -0.2) is 34.2 Å². The zero-order valence-electron chi connectivity index (χ0n) is 11.0. The molecule has 1 aliphatic heterocycles. The third-order valence-electron chi connectivity index (χ3n) is 3.39. The molecule has 2 atom stereocenters. The Hall–Kier alpha value is -1.46. The highest BCUT2D eigenvalue weighted by atomic mass is 32.2. The van der Waals surface area contributed by atoms with Crippen LogP contribution in [0.2, 0.25) is 0 Å². The first-order valence-electron chi connectivity index (χ1n) is 6.71. The van der Waals surface area contributed by atoms with Gasteiger partial charge in [-0.2, -0.15) is 0 Å². The van der Waals surface area contributed by atoms with Crippen molar-refractivity contribution in [3.8, 4) is 0 Å². The Bertz CT molecular complexity index is 607. The van der Waals surface area contributed by atoms with E-state index in [1.54, 1.807) is 6.07 Å². The molecule has 0 N–H and O–H groups in total. The Morgan fingerprint density at radius 1 is 1.35 bits per heavy atom. The molecule has 2 aromatic rings. The summed E-state index contributed by atoms with van der Waals surface area (Å²) in [6, 6.07) is 9.16. The number of Topliss-reactive ketones (excluding diaryl/α,β-unsaturated/α-hetero) is 1. The molecule has 4 nitrogen and oxygen atoms in total. The number of fused-ring (bicyclic) bond motifs is 1. The number of hydrogen-bond donors (Lipinski definition) is 0. The van der Waals surface area contributed by atoms with Crippen LogP contribution < -0.4 is 0 Å². The van der Waals surface area contributed by atoms with Crippen LogP contribution in [0.25, 0.3) is 11.0 Å². The monoisotopic (exact) mass is 292 g/mol. The van der Waals surface area contributed by atoms with Gasteiger partial charge in [0, 0.05) is 22.8 Å². The molecule has 3 rings (SSSR count). The molecule has 1 aromatic carbocycles. The van der Waals surface area contributed by atoms with Crippen LogP contribution in [0.5, 0.6) is 0 Å². The maximum atomic E-state index is 12.1. The first-order chi connectivity index (χ1) is 9.72. The fraction of sp³-hybridized carbons (Fsp3) is 0.400. The highest BCUT2D eigenvalue weighted by molar-refractivity contribution is 7.85. The predicted molar refractivity (Wildman–Crippen MR) is 77.4 cm³/mol.